The lowest BCUT2D eigenvalue weighted by Gasteiger charge is -2.64. The van der Waals surface area contributed by atoms with E-state index in [1.165, 1.54) is 90.5 Å². The molecule has 6 aliphatic rings. The number of hydrogen-bond donors (Lipinski definition) is 0. The second-order valence-electron chi connectivity index (χ2n) is 10.9. The molecule has 32 heavy (non-hydrogen) atoms. The molecule has 2 heteroatoms. The molecule has 6 bridgehead atoms. The number of piperidine rings is 2. The monoisotopic (exact) mass is 432 g/mol. The molecular formula is C30H44N2. The Hall–Kier alpha value is -1.38. The Morgan fingerprint density at radius 1 is 0.750 bits per heavy atom. The van der Waals surface area contributed by atoms with Gasteiger partial charge in [-0.1, -0.05) is 60.3 Å². The maximum Gasteiger partial charge on any atom is 0.0379 e. The normalized spacial score (nSPS) is 43.5. The first-order valence-electron chi connectivity index (χ1n) is 13.6. The molecule has 0 aromatic carbocycles. The van der Waals surface area contributed by atoms with Crippen LogP contribution in [0.3, 0.4) is 0 Å². The Labute approximate surface area is 196 Å². The highest BCUT2D eigenvalue weighted by molar-refractivity contribution is 5.30. The second-order valence-corrected chi connectivity index (χ2v) is 10.9. The minimum Gasteiger partial charge on any atom is -0.302 e. The lowest BCUT2D eigenvalue weighted by molar-refractivity contribution is -0.109. The van der Waals surface area contributed by atoms with E-state index in [2.05, 4.69) is 64.5 Å². The van der Waals surface area contributed by atoms with Crippen LogP contribution >= 0.6 is 0 Å². The summed E-state index contributed by atoms with van der Waals surface area (Å²) in [6.45, 7) is 6.51. The van der Waals surface area contributed by atoms with E-state index in [0.717, 1.165) is 24.7 Å². The van der Waals surface area contributed by atoms with Gasteiger partial charge in [-0.15, -0.1) is 0 Å². The van der Waals surface area contributed by atoms with Crippen molar-refractivity contribution in [2.75, 3.05) is 32.7 Å². The summed E-state index contributed by atoms with van der Waals surface area (Å²) in [5.41, 5.74) is 2.26. The highest BCUT2D eigenvalue weighted by Gasteiger charge is 2.58. The third-order valence-electron chi connectivity index (χ3n) is 8.93. The zero-order valence-electron chi connectivity index (χ0n) is 20.1. The minimum atomic E-state index is 0.461. The Kier molecular flexibility index (Phi) is 7.49. The predicted molar refractivity (Wildman–Crippen MR) is 137 cm³/mol. The van der Waals surface area contributed by atoms with Gasteiger partial charge in [0.05, 0.1) is 0 Å². The molecule has 0 aromatic heterocycles. The molecule has 0 saturated carbocycles. The third-order valence-corrected chi connectivity index (χ3v) is 8.93. The summed E-state index contributed by atoms with van der Waals surface area (Å²) < 4.78 is 0. The van der Waals surface area contributed by atoms with Crippen molar-refractivity contribution in [3.8, 4) is 0 Å². The van der Waals surface area contributed by atoms with E-state index in [9.17, 15) is 0 Å². The summed E-state index contributed by atoms with van der Waals surface area (Å²) in [6.07, 6.45) is 36.0. The molecule has 5 heterocycles. The van der Waals surface area contributed by atoms with E-state index in [1.807, 2.05) is 0 Å². The Morgan fingerprint density at radius 3 is 2.44 bits per heavy atom. The second kappa shape index (κ2) is 10.7. The molecule has 0 amide bonds. The molecule has 6 rings (SSSR count). The van der Waals surface area contributed by atoms with Gasteiger partial charge in [0.15, 0.2) is 0 Å². The molecule has 2 unspecified atom stereocenters. The fraction of sp³-hybridized carbons (Fsp3) is 0.667. The minimum absolute atomic E-state index is 0.461. The van der Waals surface area contributed by atoms with Gasteiger partial charge in [0.25, 0.3) is 0 Å². The molecule has 0 radical (unpaired) electrons. The molecule has 2 fully saturated rings. The lowest BCUT2D eigenvalue weighted by atomic mass is 9.52. The van der Waals surface area contributed by atoms with Crippen molar-refractivity contribution in [2.45, 2.75) is 76.7 Å². The van der Waals surface area contributed by atoms with Crippen LogP contribution in [0.4, 0.5) is 0 Å². The summed E-state index contributed by atoms with van der Waals surface area (Å²) in [5, 5.41) is 0. The van der Waals surface area contributed by atoms with Crippen molar-refractivity contribution in [1.82, 2.24) is 9.80 Å². The fourth-order valence-electron chi connectivity index (χ4n) is 7.64. The molecule has 174 valence electrons. The van der Waals surface area contributed by atoms with Crippen LogP contribution in [0.25, 0.3) is 0 Å². The van der Waals surface area contributed by atoms with Crippen molar-refractivity contribution in [2.24, 2.45) is 17.3 Å². The Bertz CT molecular complexity index is 772. The summed E-state index contributed by atoms with van der Waals surface area (Å²) in [6, 6.07) is 0.686. The first-order chi connectivity index (χ1) is 15.9. The molecule has 1 spiro atoms. The smallest absolute Gasteiger partial charge is 0.0379 e. The van der Waals surface area contributed by atoms with Gasteiger partial charge in [0, 0.05) is 31.1 Å². The van der Waals surface area contributed by atoms with Crippen LogP contribution in [-0.2, 0) is 0 Å². The quantitative estimate of drug-likeness (QED) is 0.394. The van der Waals surface area contributed by atoms with E-state index in [-0.39, 0.29) is 0 Å². The number of fused-ring (bicyclic) bond motifs is 1. The van der Waals surface area contributed by atoms with Crippen LogP contribution in [0.5, 0.6) is 0 Å². The van der Waals surface area contributed by atoms with Gasteiger partial charge in [0.1, 0.15) is 0 Å². The summed E-state index contributed by atoms with van der Waals surface area (Å²) >= 11 is 0. The molecule has 2 saturated heterocycles. The summed E-state index contributed by atoms with van der Waals surface area (Å²) in [5.74, 6) is 1.69. The molecule has 6 atom stereocenters. The molecule has 1 aliphatic carbocycles. The first-order valence-corrected chi connectivity index (χ1v) is 13.6. The molecule has 0 N–H and O–H groups in total. The fourth-order valence-corrected chi connectivity index (χ4v) is 7.64. The van der Waals surface area contributed by atoms with E-state index >= 15 is 0 Å². The van der Waals surface area contributed by atoms with E-state index in [0.29, 0.717) is 11.5 Å². The Balaban J connectivity index is 1.48. The zero-order valence-corrected chi connectivity index (χ0v) is 20.1. The Morgan fingerprint density at radius 2 is 1.53 bits per heavy atom. The van der Waals surface area contributed by atoms with Crippen molar-refractivity contribution in [3.05, 3.63) is 60.3 Å². The van der Waals surface area contributed by atoms with Crippen molar-refractivity contribution < 1.29 is 0 Å². The molecule has 2 nitrogen and oxygen atoms in total. The first kappa shape index (κ1) is 22.4. The number of allylic oxidation sites excluding steroid dienone is 7. The number of hydrogen-bond acceptors (Lipinski definition) is 2. The van der Waals surface area contributed by atoms with Crippen LogP contribution < -0.4 is 0 Å². The number of nitrogens with zero attached hydrogens (tertiary/aromatic N) is 2. The van der Waals surface area contributed by atoms with Crippen LogP contribution in [0.1, 0.15) is 70.6 Å². The average molecular weight is 433 g/mol. The van der Waals surface area contributed by atoms with Crippen LogP contribution in [0.2, 0.25) is 0 Å². The summed E-state index contributed by atoms with van der Waals surface area (Å²) in [7, 11) is 0. The van der Waals surface area contributed by atoms with Gasteiger partial charge < -0.3 is 4.90 Å². The summed E-state index contributed by atoms with van der Waals surface area (Å²) in [4.78, 5) is 5.81. The third kappa shape index (κ3) is 4.77. The molecular weight excluding hydrogens is 388 g/mol. The standard InChI is InChI=1S/C30H44N2/c1-2-4-7-11-15-20-31-22-18-28-27-23-26(17-13-9-5-3-1)29-30(28,25-31)19-14-10-6-8-12-16-21-32(29)24-27/h1-2,5-7,9-11,23,27-29H,3-4,8,12-22,24-25H2/b2-1-,9-5+,10-6+,11-7?/t27-,28+,29+,30+/m0/s1. The van der Waals surface area contributed by atoms with Gasteiger partial charge in [0.2, 0.25) is 0 Å². The average Bonchev–Trinajstić information content (AvgIpc) is 2.83. The maximum absolute atomic E-state index is 2.96. The van der Waals surface area contributed by atoms with Gasteiger partial charge in [-0.05, 0) is 95.6 Å². The maximum atomic E-state index is 2.96. The highest BCUT2D eigenvalue weighted by atomic mass is 15.2. The lowest BCUT2D eigenvalue weighted by Crippen LogP contribution is -2.68. The van der Waals surface area contributed by atoms with Gasteiger partial charge in [-0.3, -0.25) is 4.90 Å². The zero-order chi connectivity index (χ0) is 21.6. The highest BCUT2D eigenvalue weighted by Crippen LogP contribution is 2.57. The van der Waals surface area contributed by atoms with Crippen molar-refractivity contribution >= 4 is 0 Å². The van der Waals surface area contributed by atoms with Crippen LogP contribution in [0.15, 0.2) is 60.3 Å². The molecule has 0 aromatic rings. The van der Waals surface area contributed by atoms with E-state index in [4.69, 9.17) is 0 Å². The number of rotatable bonds is 0. The van der Waals surface area contributed by atoms with E-state index < -0.39 is 0 Å². The predicted octanol–water partition coefficient (Wildman–Crippen LogP) is 6.69. The van der Waals surface area contributed by atoms with Crippen molar-refractivity contribution in [1.29, 1.82) is 0 Å². The van der Waals surface area contributed by atoms with Gasteiger partial charge >= 0.3 is 0 Å². The van der Waals surface area contributed by atoms with Crippen LogP contribution in [0, 0.1) is 17.3 Å². The topological polar surface area (TPSA) is 6.48 Å². The molecule has 5 aliphatic heterocycles. The van der Waals surface area contributed by atoms with E-state index in [1.54, 1.807) is 5.57 Å². The largest absolute Gasteiger partial charge is 0.302 e. The van der Waals surface area contributed by atoms with Gasteiger partial charge in [-0.25, -0.2) is 0 Å². The van der Waals surface area contributed by atoms with Crippen LogP contribution in [-0.4, -0.2) is 48.6 Å². The SMILES string of the molecule is C1=CCCN2CC[C@@H]3[C@H]4C=C(CC/C=C/C/C=C\C1)[C@H]1N(CCCC/C=C/CC[C@@]31C2)C4. The van der Waals surface area contributed by atoms with Gasteiger partial charge in [-0.2, -0.15) is 0 Å². The van der Waals surface area contributed by atoms with Crippen molar-refractivity contribution in [3.63, 3.8) is 0 Å².